The molecule has 0 fully saturated rings. The van der Waals surface area contributed by atoms with Gasteiger partial charge in [-0.25, -0.2) is 4.98 Å². The first-order valence-electron chi connectivity index (χ1n) is 9.55. The van der Waals surface area contributed by atoms with Crippen LogP contribution in [0.4, 0.5) is 11.5 Å². The van der Waals surface area contributed by atoms with E-state index in [-0.39, 0.29) is 0 Å². The average molecular weight is 432 g/mol. The molecule has 2 heterocycles. The van der Waals surface area contributed by atoms with E-state index in [9.17, 15) is 0 Å². The highest BCUT2D eigenvalue weighted by atomic mass is 79.9. The minimum Gasteiger partial charge on any atom is -0.340 e. The number of pyridine rings is 2. The molecular formula is C24H22BrN3. The van der Waals surface area contributed by atoms with E-state index in [1.165, 1.54) is 22.1 Å². The van der Waals surface area contributed by atoms with Gasteiger partial charge in [-0.2, -0.15) is 0 Å². The van der Waals surface area contributed by atoms with Crippen molar-refractivity contribution in [1.29, 1.82) is 0 Å². The highest BCUT2D eigenvalue weighted by Gasteiger charge is 2.09. The Hall–Kier alpha value is -2.72. The summed E-state index contributed by atoms with van der Waals surface area (Å²) in [5.74, 6) is 0.886. The van der Waals surface area contributed by atoms with Gasteiger partial charge in [-0.3, -0.25) is 4.98 Å². The van der Waals surface area contributed by atoms with Gasteiger partial charge < -0.3 is 5.32 Å². The van der Waals surface area contributed by atoms with Crippen molar-refractivity contribution in [3.05, 3.63) is 94.4 Å². The number of benzene rings is 2. The summed E-state index contributed by atoms with van der Waals surface area (Å²) in [5.41, 5.74) is 4.83. The van der Waals surface area contributed by atoms with Gasteiger partial charge in [0.15, 0.2) is 0 Å². The first-order chi connectivity index (χ1) is 13.7. The third kappa shape index (κ3) is 4.07. The molecule has 4 rings (SSSR count). The Morgan fingerprint density at radius 3 is 2.50 bits per heavy atom. The Morgan fingerprint density at radius 1 is 0.893 bits per heavy atom. The summed E-state index contributed by atoms with van der Waals surface area (Å²) in [6, 6.07) is 18.9. The van der Waals surface area contributed by atoms with Crippen LogP contribution in [0.3, 0.4) is 0 Å². The first-order valence-corrected chi connectivity index (χ1v) is 10.3. The lowest BCUT2D eigenvalue weighted by molar-refractivity contribution is 0.951. The molecule has 0 amide bonds. The molecule has 4 heteroatoms. The number of hydrogen-bond acceptors (Lipinski definition) is 3. The summed E-state index contributed by atoms with van der Waals surface area (Å²) in [6.07, 6.45) is 8.65. The predicted octanol–water partition coefficient (Wildman–Crippen LogP) is 6.48. The molecule has 0 atom stereocenters. The normalized spacial score (nSPS) is 10.9. The van der Waals surface area contributed by atoms with Crippen molar-refractivity contribution in [2.45, 2.75) is 26.2 Å². The maximum atomic E-state index is 4.74. The Bertz CT molecular complexity index is 1090. The van der Waals surface area contributed by atoms with Crippen molar-refractivity contribution in [1.82, 2.24) is 9.97 Å². The van der Waals surface area contributed by atoms with Crippen LogP contribution in [0.25, 0.3) is 10.8 Å². The molecule has 0 aliphatic heterocycles. The van der Waals surface area contributed by atoms with E-state index in [0.717, 1.165) is 40.6 Å². The Balaban J connectivity index is 1.63. The van der Waals surface area contributed by atoms with Gasteiger partial charge in [-0.15, -0.1) is 0 Å². The van der Waals surface area contributed by atoms with Crippen LogP contribution in [0.15, 0.2) is 77.7 Å². The van der Waals surface area contributed by atoms with E-state index in [1.807, 2.05) is 24.7 Å². The second-order valence-corrected chi connectivity index (χ2v) is 7.68. The minimum atomic E-state index is 0.886. The zero-order valence-electron chi connectivity index (χ0n) is 15.8. The van der Waals surface area contributed by atoms with Crippen molar-refractivity contribution in [2.24, 2.45) is 0 Å². The van der Waals surface area contributed by atoms with Crippen molar-refractivity contribution in [2.75, 3.05) is 5.32 Å². The molecule has 0 aliphatic carbocycles. The lowest BCUT2D eigenvalue weighted by Gasteiger charge is -2.13. The standard InChI is InChI=1S/C24H22BrN3/c1-2-18-11-12-20(14-23(18)25)28-24-22-8-4-3-7-21(22)19(16-27-24)10-9-17-6-5-13-26-15-17/h3-8,11-16H,2,9-10H2,1H3,(H,27,28). The molecule has 0 aliphatic rings. The van der Waals surface area contributed by atoms with Crippen molar-refractivity contribution in [3.8, 4) is 0 Å². The molecule has 0 saturated heterocycles. The summed E-state index contributed by atoms with van der Waals surface area (Å²) in [7, 11) is 0. The number of aromatic nitrogens is 2. The lowest BCUT2D eigenvalue weighted by Crippen LogP contribution is -1.99. The van der Waals surface area contributed by atoms with Crippen LogP contribution < -0.4 is 5.32 Å². The lowest BCUT2D eigenvalue weighted by atomic mass is 10.0. The Kier molecular flexibility index (Phi) is 5.68. The van der Waals surface area contributed by atoms with Gasteiger partial charge in [0.1, 0.15) is 5.82 Å². The number of rotatable bonds is 6. The zero-order valence-corrected chi connectivity index (χ0v) is 17.4. The summed E-state index contributed by atoms with van der Waals surface area (Å²) in [5, 5.41) is 5.87. The summed E-state index contributed by atoms with van der Waals surface area (Å²) in [4.78, 5) is 8.95. The van der Waals surface area contributed by atoms with Crippen LogP contribution in [0, 0.1) is 0 Å². The van der Waals surface area contributed by atoms with Crippen molar-refractivity contribution in [3.63, 3.8) is 0 Å². The quantitative estimate of drug-likeness (QED) is 0.379. The Morgan fingerprint density at radius 2 is 1.75 bits per heavy atom. The van der Waals surface area contributed by atoms with Crippen LogP contribution in [0.2, 0.25) is 0 Å². The van der Waals surface area contributed by atoms with Gasteiger partial charge >= 0.3 is 0 Å². The van der Waals surface area contributed by atoms with Gasteiger partial charge in [0.2, 0.25) is 0 Å². The maximum absolute atomic E-state index is 4.74. The Labute approximate surface area is 174 Å². The van der Waals surface area contributed by atoms with Crippen LogP contribution in [0.1, 0.15) is 23.6 Å². The van der Waals surface area contributed by atoms with E-state index in [1.54, 1.807) is 0 Å². The number of fused-ring (bicyclic) bond motifs is 1. The fourth-order valence-corrected chi connectivity index (χ4v) is 4.08. The third-order valence-electron chi connectivity index (χ3n) is 4.98. The molecule has 3 nitrogen and oxygen atoms in total. The van der Waals surface area contributed by atoms with Gasteiger partial charge in [0.05, 0.1) is 0 Å². The molecule has 1 N–H and O–H groups in total. The van der Waals surface area contributed by atoms with Crippen molar-refractivity contribution < 1.29 is 0 Å². The highest BCUT2D eigenvalue weighted by Crippen LogP contribution is 2.29. The van der Waals surface area contributed by atoms with Gasteiger partial charge in [-0.05, 0) is 59.5 Å². The molecule has 140 valence electrons. The summed E-state index contributed by atoms with van der Waals surface area (Å²) in [6.45, 7) is 2.16. The molecule has 0 radical (unpaired) electrons. The predicted molar refractivity (Wildman–Crippen MR) is 120 cm³/mol. The van der Waals surface area contributed by atoms with Crippen LogP contribution in [-0.2, 0) is 19.3 Å². The van der Waals surface area contributed by atoms with E-state index in [2.05, 4.69) is 81.7 Å². The number of anilines is 2. The molecular weight excluding hydrogens is 410 g/mol. The number of aryl methyl sites for hydroxylation is 3. The van der Waals surface area contributed by atoms with Crippen LogP contribution in [-0.4, -0.2) is 9.97 Å². The molecule has 2 aromatic carbocycles. The second kappa shape index (κ2) is 8.53. The van der Waals surface area contributed by atoms with E-state index in [4.69, 9.17) is 4.98 Å². The smallest absolute Gasteiger partial charge is 0.138 e. The molecule has 0 saturated carbocycles. The highest BCUT2D eigenvalue weighted by molar-refractivity contribution is 9.10. The molecule has 0 unspecified atom stereocenters. The fourth-order valence-electron chi connectivity index (χ4n) is 3.42. The number of halogens is 1. The SMILES string of the molecule is CCc1ccc(Nc2ncc(CCc3cccnc3)c3ccccc23)cc1Br. The topological polar surface area (TPSA) is 37.8 Å². The van der Waals surface area contributed by atoms with E-state index >= 15 is 0 Å². The third-order valence-corrected chi connectivity index (χ3v) is 5.72. The molecule has 28 heavy (non-hydrogen) atoms. The molecule has 0 bridgehead atoms. The first kappa shape index (κ1) is 18.6. The average Bonchev–Trinajstić information content (AvgIpc) is 2.74. The molecule has 2 aromatic heterocycles. The van der Waals surface area contributed by atoms with Crippen LogP contribution >= 0.6 is 15.9 Å². The van der Waals surface area contributed by atoms with E-state index < -0.39 is 0 Å². The number of hydrogen-bond donors (Lipinski definition) is 1. The largest absolute Gasteiger partial charge is 0.340 e. The van der Waals surface area contributed by atoms with E-state index in [0.29, 0.717) is 0 Å². The van der Waals surface area contributed by atoms with Crippen LogP contribution in [0.5, 0.6) is 0 Å². The fraction of sp³-hybridized carbons (Fsp3) is 0.167. The monoisotopic (exact) mass is 431 g/mol. The minimum absolute atomic E-state index is 0.886. The van der Waals surface area contributed by atoms with Gasteiger partial charge in [0.25, 0.3) is 0 Å². The second-order valence-electron chi connectivity index (χ2n) is 6.82. The summed E-state index contributed by atoms with van der Waals surface area (Å²) >= 11 is 3.66. The maximum Gasteiger partial charge on any atom is 0.138 e. The van der Waals surface area contributed by atoms with Gasteiger partial charge in [-0.1, -0.05) is 59.3 Å². The van der Waals surface area contributed by atoms with Crippen molar-refractivity contribution >= 4 is 38.2 Å². The molecule has 4 aromatic rings. The zero-order chi connectivity index (χ0) is 19.3. The number of nitrogens with one attached hydrogen (secondary N) is 1. The summed E-state index contributed by atoms with van der Waals surface area (Å²) < 4.78 is 1.12. The molecule has 0 spiro atoms. The van der Waals surface area contributed by atoms with Gasteiger partial charge in [0, 0.05) is 34.1 Å². The number of nitrogens with zero attached hydrogens (tertiary/aromatic N) is 2.